The number of nitrogens with two attached hydrogens (primary N) is 1. The maximum atomic E-state index is 12.3. The molecule has 0 spiro atoms. The highest BCUT2D eigenvalue weighted by Crippen LogP contribution is 2.31. The first kappa shape index (κ1) is 22.2. The number of nitrogens with one attached hydrogen (secondary N) is 2. The molecular formula is C20H28N4O5. The fraction of sp³-hybridized carbons (Fsp3) is 0.500. The molecular weight excluding hydrogens is 376 g/mol. The predicted molar refractivity (Wildman–Crippen MR) is 107 cm³/mol. The molecule has 1 heterocycles. The Kier molecular flexibility index (Phi) is 7.58. The Balaban J connectivity index is 1.93. The molecule has 158 valence electrons. The van der Waals surface area contributed by atoms with Crippen molar-refractivity contribution in [3.05, 3.63) is 29.8 Å². The number of amidine groups is 1. The Morgan fingerprint density at radius 3 is 2.59 bits per heavy atom. The highest BCUT2D eigenvalue weighted by atomic mass is 16.5. The van der Waals surface area contributed by atoms with Crippen LogP contribution in [0.15, 0.2) is 24.3 Å². The van der Waals surface area contributed by atoms with Crippen LogP contribution in [0.1, 0.15) is 44.6 Å². The van der Waals surface area contributed by atoms with Gasteiger partial charge in [-0.2, -0.15) is 0 Å². The van der Waals surface area contributed by atoms with Crippen LogP contribution in [0.4, 0.5) is 0 Å². The number of hydrogen-bond acceptors (Lipinski definition) is 5. The zero-order valence-electron chi connectivity index (χ0n) is 16.6. The number of nitrogens with zero attached hydrogens (tertiary/aromatic N) is 1. The summed E-state index contributed by atoms with van der Waals surface area (Å²) in [6, 6.07) is 6.89. The van der Waals surface area contributed by atoms with E-state index in [9.17, 15) is 19.5 Å². The first-order valence-electron chi connectivity index (χ1n) is 9.68. The minimum Gasteiger partial charge on any atom is -0.494 e. The molecule has 29 heavy (non-hydrogen) atoms. The fourth-order valence-electron chi connectivity index (χ4n) is 3.60. The van der Waals surface area contributed by atoms with Gasteiger partial charge in [0, 0.05) is 18.7 Å². The molecule has 1 saturated heterocycles. The fourth-order valence-corrected chi connectivity index (χ4v) is 3.60. The molecule has 9 nitrogen and oxygen atoms in total. The molecule has 1 aliphatic rings. The van der Waals surface area contributed by atoms with Crippen LogP contribution in [0.25, 0.3) is 0 Å². The summed E-state index contributed by atoms with van der Waals surface area (Å²) in [7, 11) is 0. The molecule has 5 N–H and O–H groups in total. The lowest BCUT2D eigenvalue weighted by Crippen LogP contribution is -2.62. The lowest BCUT2D eigenvalue weighted by atomic mass is 9.83. The van der Waals surface area contributed by atoms with E-state index in [4.69, 9.17) is 15.9 Å². The van der Waals surface area contributed by atoms with Crippen molar-refractivity contribution >= 4 is 23.6 Å². The third-order valence-electron chi connectivity index (χ3n) is 5.24. The van der Waals surface area contributed by atoms with Gasteiger partial charge in [0.15, 0.2) is 0 Å². The number of benzene rings is 1. The van der Waals surface area contributed by atoms with E-state index in [2.05, 4.69) is 5.32 Å². The zero-order chi connectivity index (χ0) is 21.4. The van der Waals surface area contributed by atoms with Crippen LogP contribution in [0.5, 0.6) is 5.75 Å². The Hall–Kier alpha value is -3.10. The smallest absolute Gasteiger partial charge is 0.312 e. The van der Waals surface area contributed by atoms with Gasteiger partial charge in [0.1, 0.15) is 11.6 Å². The number of rotatable bonds is 11. The number of carboxylic acids is 1. The number of amides is 2. The van der Waals surface area contributed by atoms with Gasteiger partial charge >= 0.3 is 17.8 Å². The van der Waals surface area contributed by atoms with Gasteiger partial charge in [0.2, 0.25) is 0 Å². The summed E-state index contributed by atoms with van der Waals surface area (Å²) >= 11 is 0. The molecule has 0 radical (unpaired) electrons. The average Bonchev–Trinajstić information content (AvgIpc) is 2.69. The molecule has 9 heteroatoms. The summed E-state index contributed by atoms with van der Waals surface area (Å²) in [5.41, 5.74) is 5.15. The van der Waals surface area contributed by atoms with E-state index in [1.807, 2.05) is 6.92 Å². The van der Waals surface area contributed by atoms with E-state index in [1.165, 1.54) is 4.90 Å². The van der Waals surface area contributed by atoms with Crippen LogP contribution in [-0.2, 0) is 14.4 Å². The van der Waals surface area contributed by atoms with Gasteiger partial charge in [-0.3, -0.25) is 19.8 Å². The second-order valence-electron chi connectivity index (χ2n) is 7.10. The normalized spacial score (nSPS) is 16.1. The van der Waals surface area contributed by atoms with E-state index < -0.39 is 23.3 Å². The van der Waals surface area contributed by atoms with Crippen LogP contribution in [0.2, 0.25) is 0 Å². The first-order chi connectivity index (χ1) is 13.8. The Morgan fingerprint density at radius 2 is 2.00 bits per heavy atom. The second kappa shape index (κ2) is 9.90. The molecule has 1 atom stereocenters. The molecule has 1 fully saturated rings. The van der Waals surface area contributed by atoms with Gasteiger partial charge in [0.25, 0.3) is 0 Å². The van der Waals surface area contributed by atoms with Gasteiger partial charge < -0.3 is 25.8 Å². The number of carbonyl (C=O) groups excluding carboxylic acids is 2. The lowest BCUT2D eigenvalue weighted by molar-refractivity contribution is -0.156. The minimum atomic E-state index is -0.993. The van der Waals surface area contributed by atoms with Crippen molar-refractivity contribution < 1.29 is 24.2 Å². The van der Waals surface area contributed by atoms with Gasteiger partial charge in [0.05, 0.1) is 18.6 Å². The molecule has 1 aliphatic heterocycles. The van der Waals surface area contributed by atoms with Crippen molar-refractivity contribution in [3.8, 4) is 5.75 Å². The molecule has 0 aromatic heterocycles. The number of nitrogen functional groups attached to an aromatic ring is 1. The maximum absolute atomic E-state index is 12.3. The predicted octanol–water partition coefficient (Wildman–Crippen LogP) is 1.10. The summed E-state index contributed by atoms with van der Waals surface area (Å²) in [5, 5.41) is 19.3. The second-order valence-corrected chi connectivity index (χ2v) is 7.10. The maximum Gasteiger partial charge on any atom is 0.312 e. The van der Waals surface area contributed by atoms with Gasteiger partial charge in [-0.1, -0.05) is 6.92 Å². The van der Waals surface area contributed by atoms with Crippen LogP contribution in [0, 0.1) is 5.41 Å². The quantitative estimate of drug-likeness (QED) is 0.188. The molecule has 0 saturated carbocycles. The SMILES string of the molecule is CCC(CCCCOc1ccc(C(=N)N)cc1)(CC(=O)O)N1CCNC(=O)C1=O. The van der Waals surface area contributed by atoms with Crippen LogP contribution in [0.3, 0.4) is 0 Å². The highest BCUT2D eigenvalue weighted by molar-refractivity contribution is 6.35. The largest absolute Gasteiger partial charge is 0.494 e. The van der Waals surface area contributed by atoms with Gasteiger partial charge in [-0.15, -0.1) is 0 Å². The first-order valence-corrected chi connectivity index (χ1v) is 9.68. The number of carbonyl (C=O) groups is 3. The molecule has 1 aromatic carbocycles. The Bertz CT molecular complexity index is 765. The molecule has 1 unspecified atom stereocenters. The molecule has 0 bridgehead atoms. The lowest BCUT2D eigenvalue weighted by Gasteiger charge is -2.44. The van der Waals surface area contributed by atoms with Crippen LogP contribution >= 0.6 is 0 Å². The third kappa shape index (κ3) is 5.69. The Morgan fingerprint density at radius 1 is 1.31 bits per heavy atom. The van der Waals surface area contributed by atoms with Crippen molar-refractivity contribution in [2.24, 2.45) is 5.73 Å². The standard InChI is InChI=1S/C20H28N4O5/c1-2-20(13-16(25)26,24-11-10-23-18(27)19(24)28)9-3-4-12-29-15-7-5-14(6-8-15)17(21)22/h5-8H,2-4,9-13H2,1H3,(H3,21,22)(H,23,27)(H,25,26). The van der Waals surface area contributed by atoms with E-state index in [0.29, 0.717) is 56.7 Å². The van der Waals surface area contributed by atoms with E-state index in [1.54, 1.807) is 24.3 Å². The topological polar surface area (TPSA) is 146 Å². The van der Waals surface area contributed by atoms with Crippen molar-refractivity contribution in [1.29, 1.82) is 5.41 Å². The molecule has 2 amide bonds. The van der Waals surface area contributed by atoms with Crippen molar-refractivity contribution in [2.75, 3.05) is 19.7 Å². The number of carboxylic acid groups (broad SMARTS) is 1. The van der Waals surface area contributed by atoms with Gasteiger partial charge in [-0.05, 0) is 49.9 Å². The number of hydrogen-bond donors (Lipinski definition) is 4. The van der Waals surface area contributed by atoms with Crippen molar-refractivity contribution in [3.63, 3.8) is 0 Å². The number of unbranched alkanes of at least 4 members (excludes halogenated alkanes) is 1. The van der Waals surface area contributed by atoms with Crippen LogP contribution < -0.4 is 15.8 Å². The minimum absolute atomic E-state index is 0.00757. The van der Waals surface area contributed by atoms with Crippen molar-refractivity contribution in [1.82, 2.24) is 10.2 Å². The summed E-state index contributed by atoms with van der Waals surface area (Å²) < 4.78 is 5.68. The monoisotopic (exact) mass is 404 g/mol. The van der Waals surface area contributed by atoms with E-state index in [0.717, 1.165) is 0 Å². The van der Waals surface area contributed by atoms with E-state index in [-0.39, 0.29) is 12.3 Å². The number of ether oxygens (including phenoxy) is 1. The summed E-state index contributed by atoms with van der Waals surface area (Å²) in [6.45, 7) is 2.91. The number of aliphatic carboxylic acids is 1. The summed E-state index contributed by atoms with van der Waals surface area (Å²) in [5.74, 6) is -1.69. The van der Waals surface area contributed by atoms with Crippen LogP contribution in [-0.4, -0.2) is 58.9 Å². The highest BCUT2D eigenvalue weighted by Gasteiger charge is 2.43. The zero-order valence-corrected chi connectivity index (χ0v) is 16.6. The average molecular weight is 404 g/mol. The van der Waals surface area contributed by atoms with E-state index >= 15 is 0 Å². The summed E-state index contributed by atoms with van der Waals surface area (Å²) in [4.78, 5) is 37.0. The Labute approximate surface area is 169 Å². The molecule has 0 aliphatic carbocycles. The summed E-state index contributed by atoms with van der Waals surface area (Å²) in [6.07, 6.45) is 2.05. The number of piperazine rings is 1. The molecule has 2 rings (SSSR count). The third-order valence-corrected chi connectivity index (χ3v) is 5.24. The van der Waals surface area contributed by atoms with Gasteiger partial charge in [-0.25, -0.2) is 0 Å². The van der Waals surface area contributed by atoms with Crippen molar-refractivity contribution in [2.45, 2.75) is 44.6 Å². The molecule has 1 aromatic rings.